The Bertz CT molecular complexity index is 251. The number of carboxylic acids is 1. The average molecular weight is 244 g/mol. The molecule has 0 spiro atoms. The Balaban J connectivity index is 2.70. The third-order valence-corrected chi connectivity index (χ3v) is 5.86. The molecule has 0 saturated heterocycles. The van der Waals surface area contributed by atoms with Gasteiger partial charge >= 0.3 is 5.97 Å². The van der Waals surface area contributed by atoms with Crippen LogP contribution in [0.1, 0.15) is 59.8 Å². The van der Waals surface area contributed by atoms with Gasteiger partial charge in [0.05, 0.1) is 0 Å². The van der Waals surface area contributed by atoms with Crippen molar-refractivity contribution >= 4 is 17.7 Å². The van der Waals surface area contributed by atoms with E-state index in [1.165, 1.54) is 0 Å². The van der Waals surface area contributed by atoms with E-state index in [1.807, 2.05) is 0 Å². The van der Waals surface area contributed by atoms with Crippen molar-refractivity contribution in [1.29, 1.82) is 0 Å². The van der Waals surface area contributed by atoms with E-state index in [1.54, 1.807) is 11.8 Å². The first-order valence-electron chi connectivity index (χ1n) is 6.35. The lowest BCUT2D eigenvalue weighted by Crippen LogP contribution is -2.55. The molecule has 0 aromatic heterocycles. The van der Waals surface area contributed by atoms with Gasteiger partial charge in [0.2, 0.25) is 0 Å². The summed E-state index contributed by atoms with van der Waals surface area (Å²) >= 11 is 1.68. The number of rotatable bonds is 6. The maximum Gasteiger partial charge on any atom is 0.319 e. The molecule has 1 rings (SSSR count). The lowest BCUT2D eigenvalue weighted by atomic mass is 9.58. The molecule has 3 heteroatoms. The van der Waals surface area contributed by atoms with Gasteiger partial charge in [-0.15, -0.1) is 11.8 Å². The second kappa shape index (κ2) is 4.99. The monoisotopic (exact) mass is 244 g/mol. The predicted molar refractivity (Wildman–Crippen MR) is 70.0 cm³/mol. The van der Waals surface area contributed by atoms with Crippen LogP contribution in [0.25, 0.3) is 0 Å². The Morgan fingerprint density at radius 3 is 2.12 bits per heavy atom. The van der Waals surface area contributed by atoms with Gasteiger partial charge in [0.1, 0.15) is 4.75 Å². The predicted octanol–water partition coefficient (Wildman–Crippen LogP) is 3.94. The van der Waals surface area contributed by atoms with Crippen LogP contribution in [0.2, 0.25) is 0 Å². The highest BCUT2D eigenvalue weighted by atomic mass is 32.2. The largest absolute Gasteiger partial charge is 0.480 e. The first-order chi connectivity index (χ1) is 7.43. The first-order valence-corrected chi connectivity index (χ1v) is 7.23. The number of carboxylic acid groups (broad SMARTS) is 1. The Hall–Kier alpha value is -0.180. The minimum Gasteiger partial charge on any atom is -0.480 e. The van der Waals surface area contributed by atoms with Gasteiger partial charge in [0, 0.05) is 5.25 Å². The van der Waals surface area contributed by atoms with Gasteiger partial charge in [0.15, 0.2) is 0 Å². The van der Waals surface area contributed by atoms with Crippen LogP contribution >= 0.6 is 11.8 Å². The summed E-state index contributed by atoms with van der Waals surface area (Å²) in [6.07, 6.45) is 4.98. The van der Waals surface area contributed by atoms with Gasteiger partial charge in [0.25, 0.3) is 0 Å². The van der Waals surface area contributed by atoms with Crippen LogP contribution < -0.4 is 0 Å². The van der Waals surface area contributed by atoms with Gasteiger partial charge in [-0.2, -0.15) is 0 Å². The summed E-state index contributed by atoms with van der Waals surface area (Å²) in [6.45, 7) is 8.62. The fraction of sp³-hybridized carbons (Fsp3) is 0.923. The third-order valence-electron chi connectivity index (χ3n) is 4.21. The highest BCUT2D eigenvalue weighted by Crippen LogP contribution is 2.60. The summed E-state index contributed by atoms with van der Waals surface area (Å²) in [5, 5.41) is 9.88. The molecular weight excluding hydrogens is 220 g/mol. The molecule has 0 aromatic carbocycles. The number of aliphatic carboxylic acids is 1. The molecule has 0 aliphatic heterocycles. The van der Waals surface area contributed by atoms with E-state index in [2.05, 4.69) is 27.7 Å². The summed E-state index contributed by atoms with van der Waals surface area (Å²) in [5.41, 5.74) is 0.304. The Kier molecular flexibility index (Phi) is 4.33. The van der Waals surface area contributed by atoms with Gasteiger partial charge in [-0.25, -0.2) is 0 Å². The van der Waals surface area contributed by atoms with Crippen LogP contribution in [-0.4, -0.2) is 21.1 Å². The minimum absolute atomic E-state index is 0.304. The Labute approximate surface area is 103 Å². The molecular formula is C13H24O2S. The van der Waals surface area contributed by atoms with Crippen molar-refractivity contribution in [2.45, 2.75) is 69.8 Å². The highest BCUT2D eigenvalue weighted by molar-refractivity contribution is 8.02. The zero-order valence-electron chi connectivity index (χ0n) is 10.9. The van der Waals surface area contributed by atoms with Crippen LogP contribution in [0.3, 0.4) is 0 Å². The lowest BCUT2D eigenvalue weighted by molar-refractivity contribution is -0.147. The van der Waals surface area contributed by atoms with Crippen molar-refractivity contribution in [3.8, 4) is 0 Å². The normalized spacial score (nSPS) is 23.5. The first kappa shape index (κ1) is 13.9. The van der Waals surface area contributed by atoms with Crippen molar-refractivity contribution < 1.29 is 9.90 Å². The van der Waals surface area contributed by atoms with E-state index in [-0.39, 0.29) is 0 Å². The summed E-state index contributed by atoms with van der Waals surface area (Å²) in [4.78, 5) is 11.5. The van der Waals surface area contributed by atoms with Crippen LogP contribution in [-0.2, 0) is 4.79 Å². The van der Waals surface area contributed by atoms with Crippen LogP contribution in [0, 0.1) is 5.41 Å². The van der Waals surface area contributed by atoms with Crippen molar-refractivity contribution in [3.63, 3.8) is 0 Å². The van der Waals surface area contributed by atoms with Crippen molar-refractivity contribution in [1.82, 2.24) is 0 Å². The summed E-state index contributed by atoms with van der Waals surface area (Å²) in [5.74, 6) is -0.602. The quantitative estimate of drug-likeness (QED) is 0.769. The molecule has 94 valence electrons. The standard InChI is InChI=1S/C13H24O2S/c1-5-10(4)16-13(11(14)15)8-12(6-2,7-3)9-13/h10H,5-9H2,1-4H3,(H,14,15). The molecule has 1 saturated carbocycles. The molecule has 2 nitrogen and oxygen atoms in total. The molecule has 1 N–H and O–H groups in total. The second-order valence-electron chi connectivity index (χ2n) is 5.20. The van der Waals surface area contributed by atoms with E-state index in [0.29, 0.717) is 10.7 Å². The number of hydrogen-bond acceptors (Lipinski definition) is 2. The van der Waals surface area contributed by atoms with Gasteiger partial charge in [-0.3, -0.25) is 4.79 Å². The third kappa shape index (κ3) is 2.39. The second-order valence-corrected chi connectivity index (χ2v) is 7.02. The average Bonchev–Trinajstić information content (AvgIpc) is 2.22. The van der Waals surface area contributed by atoms with Gasteiger partial charge in [-0.1, -0.05) is 40.5 Å². The molecule has 0 bridgehead atoms. The zero-order valence-corrected chi connectivity index (χ0v) is 11.7. The molecule has 1 fully saturated rings. The maximum atomic E-state index is 11.5. The Morgan fingerprint density at radius 1 is 1.31 bits per heavy atom. The number of thioether (sulfide) groups is 1. The lowest BCUT2D eigenvalue weighted by Gasteiger charge is -2.54. The van der Waals surface area contributed by atoms with E-state index in [0.717, 1.165) is 32.1 Å². The minimum atomic E-state index is -0.602. The molecule has 1 aliphatic rings. The van der Waals surface area contributed by atoms with Gasteiger partial charge in [-0.05, 0) is 24.7 Å². The Morgan fingerprint density at radius 2 is 1.81 bits per heavy atom. The van der Waals surface area contributed by atoms with Crippen molar-refractivity contribution in [3.05, 3.63) is 0 Å². The van der Waals surface area contributed by atoms with Crippen LogP contribution in [0.5, 0.6) is 0 Å². The summed E-state index contributed by atoms with van der Waals surface area (Å²) in [7, 11) is 0. The SMILES string of the molecule is CCC(C)SC1(C(=O)O)CC(CC)(CC)C1. The van der Waals surface area contributed by atoms with E-state index >= 15 is 0 Å². The molecule has 1 aliphatic carbocycles. The van der Waals surface area contributed by atoms with E-state index < -0.39 is 10.7 Å². The molecule has 0 heterocycles. The van der Waals surface area contributed by atoms with Crippen molar-refractivity contribution in [2.24, 2.45) is 5.41 Å². The smallest absolute Gasteiger partial charge is 0.319 e. The fourth-order valence-corrected chi connectivity index (χ4v) is 4.48. The molecule has 1 unspecified atom stereocenters. The molecule has 0 radical (unpaired) electrons. The van der Waals surface area contributed by atoms with E-state index in [4.69, 9.17) is 0 Å². The van der Waals surface area contributed by atoms with Crippen LogP contribution in [0.4, 0.5) is 0 Å². The molecule has 0 aromatic rings. The topological polar surface area (TPSA) is 37.3 Å². The summed E-state index contributed by atoms with van der Waals surface area (Å²) < 4.78 is -0.485. The zero-order chi connectivity index (χ0) is 12.4. The highest BCUT2D eigenvalue weighted by Gasteiger charge is 2.58. The molecule has 0 amide bonds. The van der Waals surface area contributed by atoms with Gasteiger partial charge < -0.3 is 5.11 Å². The van der Waals surface area contributed by atoms with Crippen molar-refractivity contribution in [2.75, 3.05) is 0 Å². The number of carbonyl (C=O) groups is 1. The van der Waals surface area contributed by atoms with E-state index in [9.17, 15) is 9.90 Å². The fourth-order valence-electron chi connectivity index (χ4n) is 2.66. The molecule has 16 heavy (non-hydrogen) atoms. The number of hydrogen-bond donors (Lipinski definition) is 1. The summed E-state index contributed by atoms with van der Waals surface area (Å²) in [6, 6.07) is 0. The maximum absolute atomic E-state index is 11.5. The van der Waals surface area contributed by atoms with Crippen LogP contribution in [0.15, 0.2) is 0 Å². The molecule has 1 atom stereocenters.